The second-order valence-corrected chi connectivity index (χ2v) is 8.03. The minimum absolute atomic E-state index is 0.00429. The van der Waals surface area contributed by atoms with Crippen LogP contribution in [0.25, 0.3) is 0 Å². The molecule has 2 aromatic carbocycles. The lowest BCUT2D eigenvalue weighted by atomic mass is 10.1. The molecule has 1 saturated heterocycles. The molecule has 33 heavy (non-hydrogen) atoms. The SMILES string of the molecule is COc1cc([N+](=O)[O-])cc(C=O)c1OCC(=O)N1C[C@@H](C)N(Cc2ccc(F)cc2)C[C@@H]1C. The van der Waals surface area contributed by atoms with Crippen molar-refractivity contribution in [2.24, 2.45) is 0 Å². The van der Waals surface area contributed by atoms with Gasteiger partial charge in [0, 0.05) is 37.8 Å². The first-order valence-corrected chi connectivity index (χ1v) is 10.5. The van der Waals surface area contributed by atoms with Gasteiger partial charge in [-0.15, -0.1) is 0 Å². The van der Waals surface area contributed by atoms with Gasteiger partial charge >= 0.3 is 0 Å². The highest BCUT2D eigenvalue weighted by atomic mass is 19.1. The number of benzene rings is 2. The van der Waals surface area contributed by atoms with Crippen LogP contribution in [0.15, 0.2) is 36.4 Å². The minimum Gasteiger partial charge on any atom is -0.493 e. The molecule has 0 bridgehead atoms. The number of carbonyl (C=O) groups is 2. The van der Waals surface area contributed by atoms with E-state index < -0.39 is 4.92 Å². The number of non-ortho nitro benzene ring substituents is 1. The quantitative estimate of drug-likeness (QED) is 0.340. The Balaban J connectivity index is 1.66. The average molecular weight is 459 g/mol. The van der Waals surface area contributed by atoms with E-state index in [1.165, 1.54) is 19.2 Å². The minimum atomic E-state index is -0.640. The highest BCUT2D eigenvalue weighted by Crippen LogP contribution is 2.35. The van der Waals surface area contributed by atoms with Gasteiger partial charge in [-0.1, -0.05) is 12.1 Å². The number of aldehydes is 1. The van der Waals surface area contributed by atoms with Crippen molar-refractivity contribution in [1.29, 1.82) is 0 Å². The molecule has 3 rings (SSSR count). The lowest BCUT2D eigenvalue weighted by Gasteiger charge is -2.44. The van der Waals surface area contributed by atoms with Crippen molar-refractivity contribution in [3.63, 3.8) is 0 Å². The summed E-state index contributed by atoms with van der Waals surface area (Å²) in [4.78, 5) is 38.7. The van der Waals surface area contributed by atoms with Crippen molar-refractivity contribution in [3.8, 4) is 11.5 Å². The van der Waals surface area contributed by atoms with Gasteiger partial charge in [0.05, 0.1) is 23.7 Å². The number of amides is 1. The average Bonchev–Trinajstić information content (AvgIpc) is 2.80. The van der Waals surface area contributed by atoms with Gasteiger partial charge in [-0.25, -0.2) is 4.39 Å². The molecule has 2 aromatic rings. The fraction of sp³-hybridized carbons (Fsp3) is 0.391. The van der Waals surface area contributed by atoms with E-state index in [4.69, 9.17) is 9.47 Å². The Labute approximate surface area is 190 Å². The Morgan fingerprint density at radius 1 is 1.21 bits per heavy atom. The Hall–Kier alpha value is -3.53. The van der Waals surface area contributed by atoms with Crippen molar-refractivity contribution in [2.45, 2.75) is 32.5 Å². The molecule has 0 N–H and O–H groups in total. The Morgan fingerprint density at radius 2 is 1.91 bits per heavy atom. The molecule has 9 nitrogen and oxygen atoms in total. The van der Waals surface area contributed by atoms with Crippen LogP contribution in [0.1, 0.15) is 29.8 Å². The number of hydrogen-bond acceptors (Lipinski definition) is 7. The fourth-order valence-corrected chi connectivity index (χ4v) is 3.91. The summed E-state index contributed by atoms with van der Waals surface area (Å²) in [6.45, 7) is 5.36. The molecule has 0 radical (unpaired) electrons. The topological polar surface area (TPSA) is 102 Å². The fourth-order valence-electron chi connectivity index (χ4n) is 3.91. The van der Waals surface area contributed by atoms with Gasteiger partial charge in [0.15, 0.2) is 24.4 Å². The lowest BCUT2D eigenvalue weighted by Crippen LogP contribution is -2.58. The number of nitrogens with zero attached hydrogens (tertiary/aromatic N) is 3. The van der Waals surface area contributed by atoms with Crippen LogP contribution in [0, 0.1) is 15.9 Å². The normalized spacial score (nSPS) is 18.6. The van der Waals surface area contributed by atoms with Crippen LogP contribution < -0.4 is 9.47 Å². The second-order valence-electron chi connectivity index (χ2n) is 8.03. The van der Waals surface area contributed by atoms with Gasteiger partial charge in [-0.2, -0.15) is 0 Å². The predicted octanol–water partition coefficient (Wildman–Crippen LogP) is 3.06. The van der Waals surface area contributed by atoms with Crippen LogP contribution in [0.5, 0.6) is 11.5 Å². The molecular formula is C23H26FN3O6. The van der Waals surface area contributed by atoms with Crippen molar-refractivity contribution in [3.05, 3.63) is 63.5 Å². The van der Waals surface area contributed by atoms with Crippen LogP contribution in [0.4, 0.5) is 10.1 Å². The molecule has 1 amide bonds. The van der Waals surface area contributed by atoms with Gasteiger partial charge in [0.25, 0.3) is 11.6 Å². The van der Waals surface area contributed by atoms with Crippen LogP contribution >= 0.6 is 0 Å². The van der Waals surface area contributed by atoms with Crippen LogP contribution in [-0.4, -0.2) is 65.8 Å². The van der Waals surface area contributed by atoms with E-state index in [1.54, 1.807) is 17.0 Å². The molecule has 1 heterocycles. The molecule has 0 saturated carbocycles. The number of nitro benzene ring substituents is 1. The van der Waals surface area contributed by atoms with Gasteiger partial charge < -0.3 is 14.4 Å². The van der Waals surface area contributed by atoms with E-state index >= 15 is 0 Å². The summed E-state index contributed by atoms with van der Waals surface area (Å²) in [5, 5.41) is 11.1. The summed E-state index contributed by atoms with van der Waals surface area (Å²) in [5.41, 5.74) is 0.608. The highest BCUT2D eigenvalue weighted by Gasteiger charge is 2.32. The number of methoxy groups -OCH3 is 1. The summed E-state index contributed by atoms with van der Waals surface area (Å²) in [6, 6.07) is 8.55. The molecule has 0 spiro atoms. The van der Waals surface area contributed by atoms with E-state index in [-0.39, 0.29) is 53.2 Å². The Morgan fingerprint density at radius 3 is 2.52 bits per heavy atom. The van der Waals surface area contributed by atoms with E-state index in [0.29, 0.717) is 25.9 Å². The van der Waals surface area contributed by atoms with E-state index in [9.17, 15) is 24.1 Å². The van der Waals surface area contributed by atoms with Gasteiger partial charge in [0.1, 0.15) is 5.82 Å². The maximum atomic E-state index is 13.2. The van der Waals surface area contributed by atoms with Crippen molar-refractivity contribution >= 4 is 17.9 Å². The van der Waals surface area contributed by atoms with Gasteiger partial charge in [-0.05, 0) is 31.5 Å². The van der Waals surface area contributed by atoms with E-state index in [0.717, 1.165) is 17.7 Å². The molecule has 10 heteroatoms. The molecule has 1 aliphatic heterocycles. The first-order valence-electron chi connectivity index (χ1n) is 10.5. The van der Waals surface area contributed by atoms with Crippen molar-refractivity contribution in [1.82, 2.24) is 9.80 Å². The third kappa shape index (κ3) is 5.64. The number of nitro groups is 1. The maximum absolute atomic E-state index is 13.2. The highest BCUT2D eigenvalue weighted by molar-refractivity contribution is 5.84. The molecule has 0 aromatic heterocycles. The van der Waals surface area contributed by atoms with Crippen molar-refractivity contribution < 1.29 is 28.4 Å². The molecule has 0 unspecified atom stereocenters. The third-order valence-electron chi connectivity index (χ3n) is 5.70. The molecule has 176 valence electrons. The van der Waals surface area contributed by atoms with Crippen LogP contribution in [0.2, 0.25) is 0 Å². The maximum Gasteiger partial charge on any atom is 0.274 e. The summed E-state index contributed by atoms with van der Waals surface area (Å²) in [5.74, 6) is -0.558. The van der Waals surface area contributed by atoms with E-state index in [1.807, 2.05) is 13.8 Å². The number of ether oxygens (including phenoxy) is 2. The zero-order valence-corrected chi connectivity index (χ0v) is 18.7. The number of rotatable bonds is 8. The van der Waals surface area contributed by atoms with Gasteiger partial charge in [0.2, 0.25) is 0 Å². The molecular weight excluding hydrogens is 433 g/mol. The largest absolute Gasteiger partial charge is 0.493 e. The summed E-state index contributed by atoms with van der Waals surface area (Å²) < 4.78 is 23.9. The van der Waals surface area contributed by atoms with E-state index in [2.05, 4.69) is 4.90 Å². The van der Waals surface area contributed by atoms with Gasteiger partial charge in [-0.3, -0.25) is 24.6 Å². The number of hydrogen-bond donors (Lipinski definition) is 0. The van der Waals surface area contributed by atoms with Crippen molar-refractivity contribution in [2.75, 3.05) is 26.8 Å². The first kappa shape index (κ1) is 24.1. The zero-order valence-electron chi connectivity index (χ0n) is 18.7. The monoisotopic (exact) mass is 459 g/mol. The molecule has 1 aliphatic rings. The lowest BCUT2D eigenvalue weighted by molar-refractivity contribution is -0.385. The number of halogens is 1. The summed E-state index contributed by atoms with van der Waals surface area (Å²) in [7, 11) is 1.30. The Bertz CT molecular complexity index is 1030. The summed E-state index contributed by atoms with van der Waals surface area (Å²) in [6.07, 6.45) is 0.425. The molecule has 1 fully saturated rings. The standard InChI is InChI=1S/C23H26FN3O6/c1-15-11-26(16(2)10-25(15)12-17-4-6-19(24)7-5-17)22(29)14-33-23-18(13-28)8-20(27(30)31)9-21(23)32-3/h4-9,13,15-16H,10-12,14H2,1-3H3/t15-,16+/m1/s1. The van der Waals surface area contributed by atoms with Crippen LogP contribution in [-0.2, 0) is 11.3 Å². The molecule has 2 atom stereocenters. The Kier molecular flexibility index (Phi) is 7.59. The van der Waals surface area contributed by atoms with Crippen LogP contribution in [0.3, 0.4) is 0 Å². The third-order valence-corrected chi connectivity index (χ3v) is 5.70. The summed E-state index contributed by atoms with van der Waals surface area (Å²) >= 11 is 0. The zero-order chi connectivity index (χ0) is 24.1. The first-order chi connectivity index (χ1) is 15.7. The predicted molar refractivity (Wildman–Crippen MR) is 118 cm³/mol. The molecule has 0 aliphatic carbocycles. The second kappa shape index (κ2) is 10.4. The number of carbonyl (C=O) groups excluding carboxylic acids is 2. The number of piperazine rings is 1. The smallest absolute Gasteiger partial charge is 0.274 e.